The monoisotopic (exact) mass is 305 g/mol. The summed E-state index contributed by atoms with van der Waals surface area (Å²) in [5, 5.41) is 0. The number of piperidine rings is 2. The van der Waals surface area contributed by atoms with E-state index >= 15 is 0 Å². The molecule has 1 aliphatic carbocycles. The minimum Gasteiger partial charge on any atom is -0.306 e. The molecule has 2 atom stereocenters. The number of fused-ring (bicyclic) bond motifs is 1. The van der Waals surface area contributed by atoms with Crippen LogP contribution in [0.2, 0.25) is 0 Å². The third-order valence-electron chi connectivity index (χ3n) is 7.23. The van der Waals surface area contributed by atoms with Gasteiger partial charge < -0.3 is 9.80 Å². The molecule has 0 spiro atoms. The Bertz CT molecular complexity index is 355. The van der Waals surface area contributed by atoms with Crippen LogP contribution in [0.1, 0.15) is 45.4 Å². The van der Waals surface area contributed by atoms with E-state index in [2.05, 4.69) is 28.7 Å². The summed E-state index contributed by atoms with van der Waals surface area (Å²) in [7, 11) is 2.27. The lowest BCUT2D eigenvalue weighted by atomic mass is 9.97. The van der Waals surface area contributed by atoms with Crippen molar-refractivity contribution in [2.45, 2.75) is 57.5 Å². The lowest BCUT2D eigenvalue weighted by Gasteiger charge is -2.43. The first-order valence-corrected chi connectivity index (χ1v) is 9.85. The first kappa shape index (κ1) is 15.4. The van der Waals surface area contributed by atoms with E-state index in [-0.39, 0.29) is 0 Å². The predicted octanol–water partition coefficient (Wildman–Crippen LogP) is 2.52. The summed E-state index contributed by atoms with van der Waals surface area (Å²) in [6, 6.07) is 1.79. The number of hydrogen-bond acceptors (Lipinski definition) is 3. The molecule has 3 nitrogen and oxygen atoms in total. The van der Waals surface area contributed by atoms with Gasteiger partial charge >= 0.3 is 0 Å². The summed E-state index contributed by atoms with van der Waals surface area (Å²) in [5.41, 5.74) is 0. The van der Waals surface area contributed by atoms with Crippen molar-refractivity contribution >= 4 is 0 Å². The summed E-state index contributed by atoms with van der Waals surface area (Å²) in [4.78, 5) is 8.20. The van der Waals surface area contributed by atoms with E-state index in [1.54, 1.807) is 0 Å². The average Bonchev–Trinajstić information content (AvgIpc) is 3.05. The van der Waals surface area contributed by atoms with Crippen LogP contribution in [0.15, 0.2) is 0 Å². The molecule has 3 aliphatic heterocycles. The van der Waals surface area contributed by atoms with E-state index in [4.69, 9.17) is 0 Å². The molecule has 4 rings (SSSR count). The van der Waals surface area contributed by atoms with E-state index in [1.165, 1.54) is 77.8 Å². The fourth-order valence-corrected chi connectivity index (χ4v) is 5.91. The molecule has 0 aromatic heterocycles. The molecule has 0 aromatic carbocycles. The van der Waals surface area contributed by atoms with E-state index in [0.717, 1.165) is 29.8 Å². The second-order valence-electron chi connectivity index (χ2n) is 8.85. The van der Waals surface area contributed by atoms with Gasteiger partial charge in [-0.05, 0) is 89.5 Å². The molecule has 3 saturated heterocycles. The minimum atomic E-state index is 0.885. The van der Waals surface area contributed by atoms with Crippen molar-refractivity contribution in [3.63, 3.8) is 0 Å². The van der Waals surface area contributed by atoms with Crippen molar-refractivity contribution < 1.29 is 0 Å². The normalized spacial score (nSPS) is 40.4. The summed E-state index contributed by atoms with van der Waals surface area (Å²) >= 11 is 0. The van der Waals surface area contributed by atoms with Gasteiger partial charge in [-0.3, -0.25) is 4.90 Å². The zero-order chi connectivity index (χ0) is 15.1. The summed E-state index contributed by atoms with van der Waals surface area (Å²) in [5.74, 6) is 3.09. The molecule has 1 saturated carbocycles. The van der Waals surface area contributed by atoms with Crippen molar-refractivity contribution in [3.05, 3.63) is 0 Å². The van der Waals surface area contributed by atoms with Crippen LogP contribution in [0, 0.1) is 17.8 Å². The fourth-order valence-electron chi connectivity index (χ4n) is 5.91. The first-order chi connectivity index (χ1) is 10.7. The Morgan fingerprint density at radius 3 is 1.77 bits per heavy atom. The molecular formula is C19H35N3. The minimum absolute atomic E-state index is 0.885. The summed E-state index contributed by atoms with van der Waals surface area (Å²) in [6.07, 6.45) is 8.67. The number of likely N-dealkylation sites (tertiary alicyclic amines) is 3. The molecule has 0 bridgehead atoms. The molecular weight excluding hydrogens is 270 g/mol. The Morgan fingerprint density at radius 2 is 1.18 bits per heavy atom. The second-order valence-corrected chi connectivity index (χ2v) is 8.85. The lowest BCUT2D eigenvalue weighted by Crippen LogP contribution is -2.50. The van der Waals surface area contributed by atoms with Crippen LogP contribution in [0.25, 0.3) is 0 Å². The maximum atomic E-state index is 2.88. The van der Waals surface area contributed by atoms with Crippen LogP contribution in [0.5, 0.6) is 0 Å². The van der Waals surface area contributed by atoms with Gasteiger partial charge in [0.05, 0.1) is 0 Å². The molecule has 4 aliphatic rings. The van der Waals surface area contributed by atoms with Gasteiger partial charge in [0, 0.05) is 25.2 Å². The molecule has 126 valence electrons. The third-order valence-corrected chi connectivity index (χ3v) is 7.23. The van der Waals surface area contributed by atoms with Crippen molar-refractivity contribution in [1.29, 1.82) is 0 Å². The van der Waals surface area contributed by atoms with Crippen LogP contribution in [0.4, 0.5) is 0 Å². The quantitative estimate of drug-likeness (QED) is 0.776. The predicted molar refractivity (Wildman–Crippen MR) is 92.1 cm³/mol. The molecule has 22 heavy (non-hydrogen) atoms. The van der Waals surface area contributed by atoms with E-state index < -0.39 is 0 Å². The van der Waals surface area contributed by atoms with Crippen molar-refractivity contribution in [1.82, 2.24) is 14.7 Å². The molecule has 0 aromatic rings. The highest BCUT2D eigenvalue weighted by Crippen LogP contribution is 2.42. The largest absolute Gasteiger partial charge is 0.306 e. The fraction of sp³-hybridized carbons (Fsp3) is 1.00. The maximum absolute atomic E-state index is 2.88. The van der Waals surface area contributed by atoms with Crippen LogP contribution in [-0.2, 0) is 0 Å². The molecule has 0 radical (unpaired) electrons. The zero-order valence-electron chi connectivity index (χ0n) is 14.7. The SMILES string of the molecule is CC1CC2CN(C3CCN(C4CCN(C)CC4)CC3)CC2C1. The first-order valence-electron chi connectivity index (χ1n) is 9.85. The van der Waals surface area contributed by atoms with Gasteiger partial charge in [0.1, 0.15) is 0 Å². The highest BCUT2D eigenvalue weighted by atomic mass is 15.2. The van der Waals surface area contributed by atoms with Gasteiger partial charge in [0.15, 0.2) is 0 Å². The summed E-state index contributed by atoms with van der Waals surface area (Å²) in [6.45, 7) is 10.6. The van der Waals surface area contributed by atoms with Crippen molar-refractivity contribution in [2.24, 2.45) is 17.8 Å². The van der Waals surface area contributed by atoms with Crippen LogP contribution in [0.3, 0.4) is 0 Å². The van der Waals surface area contributed by atoms with Gasteiger partial charge in [-0.2, -0.15) is 0 Å². The third kappa shape index (κ3) is 3.09. The van der Waals surface area contributed by atoms with Gasteiger partial charge in [0.2, 0.25) is 0 Å². The van der Waals surface area contributed by atoms with Gasteiger partial charge in [0.25, 0.3) is 0 Å². The maximum Gasteiger partial charge on any atom is 0.0120 e. The van der Waals surface area contributed by atoms with E-state index in [0.29, 0.717) is 0 Å². The lowest BCUT2D eigenvalue weighted by molar-refractivity contribution is 0.0639. The Kier molecular flexibility index (Phi) is 4.49. The molecule has 0 N–H and O–H groups in total. The van der Waals surface area contributed by atoms with Gasteiger partial charge in [-0.25, -0.2) is 0 Å². The molecule has 2 unspecified atom stereocenters. The van der Waals surface area contributed by atoms with Crippen LogP contribution >= 0.6 is 0 Å². The Hall–Kier alpha value is -0.120. The standard InChI is InChI=1S/C19H35N3/c1-15-11-16-13-22(14-17(16)12-15)19-5-9-21(10-6-19)18-3-7-20(2)8-4-18/h15-19H,3-14H2,1-2H3. The Balaban J connectivity index is 1.25. The number of rotatable bonds is 2. The highest BCUT2D eigenvalue weighted by molar-refractivity contribution is 4.95. The van der Waals surface area contributed by atoms with Crippen LogP contribution in [-0.4, -0.2) is 73.1 Å². The highest BCUT2D eigenvalue weighted by Gasteiger charge is 2.42. The van der Waals surface area contributed by atoms with Crippen LogP contribution < -0.4 is 0 Å². The van der Waals surface area contributed by atoms with Crippen molar-refractivity contribution in [3.8, 4) is 0 Å². The van der Waals surface area contributed by atoms with Gasteiger partial charge in [-0.15, -0.1) is 0 Å². The Morgan fingerprint density at radius 1 is 0.682 bits per heavy atom. The average molecular weight is 306 g/mol. The Labute approximate surface area is 137 Å². The smallest absolute Gasteiger partial charge is 0.0120 e. The molecule has 3 heteroatoms. The summed E-state index contributed by atoms with van der Waals surface area (Å²) < 4.78 is 0. The van der Waals surface area contributed by atoms with E-state index in [9.17, 15) is 0 Å². The van der Waals surface area contributed by atoms with Crippen molar-refractivity contribution in [2.75, 3.05) is 46.3 Å². The zero-order valence-corrected chi connectivity index (χ0v) is 14.7. The number of nitrogens with zero attached hydrogens (tertiary/aromatic N) is 3. The molecule has 0 amide bonds. The molecule has 4 fully saturated rings. The molecule has 3 heterocycles. The van der Waals surface area contributed by atoms with Gasteiger partial charge in [-0.1, -0.05) is 6.92 Å². The topological polar surface area (TPSA) is 9.72 Å². The second kappa shape index (κ2) is 6.41. The van der Waals surface area contributed by atoms with E-state index in [1.807, 2.05) is 0 Å². The number of hydrogen-bond donors (Lipinski definition) is 0.